The number of hydrogen-bond donors (Lipinski definition) is 1. The van der Waals surface area contributed by atoms with Gasteiger partial charge in [-0.2, -0.15) is 0 Å². The number of nitrogens with zero attached hydrogens (tertiary/aromatic N) is 2. The zero-order valence-corrected chi connectivity index (χ0v) is 9.60. The molecule has 1 heterocycles. The fourth-order valence-electron chi connectivity index (χ4n) is 2.12. The first-order valence-corrected chi connectivity index (χ1v) is 5.30. The van der Waals surface area contributed by atoms with Gasteiger partial charge in [-0.25, -0.2) is 4.79 Å². The van der Waals surface area contributed by atoms with Crippen LogP contribution in [0.5, 0.6) is 0 Å². The van der Waals surface area contributed by atoms with E-state index in [1.807, 2.05) is 26.2 Å². The van der Waals surface area contributed by atoms with Crippen molar-refractivity contribution in [2.24, 2.45) is 0 Å². The SMILES string of the molecule is CN(C)Cc1cccc2c1CN(C(=O)O)C2. The molecule has 1 aromatic rings. The van der Waals surface area contributed by atoms with Crippen molar-refractivity contribution < 1.29 is 9.90 Å². The largest absolute Gasteiger partial charge is 0.465 e. The first kappa shape index (κ1) is 11.0. The summed E-state index contributed by atoms with van der Waals surface area (Å²) < 4.78 is 0. The third kappa shape index (κ3) is 2.02. The molecule has 4 nitrogen and oxygen atoms in total. The van der Waals surface area contributed by atoms with E-state index in [0.29, 0.717) is 13.1 Å². The summed E-state index contributed by atoms with van der Waals surface area (Å²) in [4.78, 5) is 14.5. The predicted molar refractivity (Wildman–Crippen MR) is 61.1 cm³/mol. The standard InChI is InChI=1S/C12H16N2O2/c1-13(2)6-9-4-3-5-10-7-14(12(15)16)8-11(9)10/h3-5H,6-8H2,1-2H3,(H,15,16). The van der Waals surface area contributed by atoms with Gasteiger partial charge in [0.2, 0.25) is 0 Å². The number of hydrogen-bond acceptors (Lipinski definition) is 2. The third-order valence-corrected chi connectivity index (χ3v) is 2.84. The van der Waals surface area contributed by atoms with Crippen LogP contribution in [0.1, 0.15) is 16.7 Å². The molecule has 0 aromatic heterocycles. The van der Waals surface area contributed by atoms with E-state index in [1.54, 1.807) is 0 Å². The summed E-state index contributed by atoms with van der Waals surface area (Å²) in [5.74, 6) is 0. The van der Waals surface area contributed by atoms with Gasteiger partial charge < -0.3 is 10.0 Å². The van der Waals surface area contributed by atoms with Crippen LogP contribution in [0.15, 0.2) is 18.2 Å². The first-order valence-electron chi connectivity index (χ1n) is 5.30. The third-order valence-electron chi connectivity index (χ3n) is 2.84. The average Bonchev–Trinajstić information content (AvgIpc) is 2.61. The Morgan fingerprint density at radius 2 is 2.19 bits per heavy atom. The lowest BCUT2D eigenvalue weighted by Crippen LogP contribution is -2.23. The number of carboxylic acid groups (broad SMARTS) is 1. The molecule has 0 aliphatic carbocycles. The highest BCUT2D eigenvalue weighted by molar-refractivity contribution is 5.66. The molecular formula is C12H16N2O2. The Morgan fingerprint density at radius 1 is 1.44 bits per heavy atom. The van der Waals surface area contributed by atoms with E-state index < -0.39 is 6.09 Å². The van der Waals surface area contributed by atoms with Gasteiger partial charge in [-0.05, 0) is 30.8 Å². The van der Waals surface area contributed by atoms with Gasteiger partial charge in [-0.1, -0.05) is 18.2 Å². The Balaban J connectivity index is 2.27. The van der Waals surface area contributed by atoms with E-state index in [9.17, 15) is 4.79 Å². The van der Waals surface area contributed by atoms with Gasteiger partial charge in [0.05, 0.1) is 6.54 Å². The number of carbonyl (C=O) groups is 1. The number of rotatable bonds is 2. The van der Waals surface area contributed by atoms with Crippen LogP contribution < -0.4 is 0 Å². The van der Waals surface area contributed by atoms with E-state index in [0.717, 1.165) is 12.1 Å². The van der Waals surface area contributed by atoms with E-state index in [4.69, 9.17) is 5.11 Å². The van der Waals surface area contributed by atoms with E-state index in [1.165, 1.54) is 16.0 Å². The first-order chi connectivity index (χ1) is 7.58. The van der Waals surface area contributed by atoms with Crippen molar-refractivity contribution in [3.63, 3.8) is 0 Å². The van der Waals surface area contributed by atoms with Crippen LogP contribution in [-0.4, -0.2) is 35.1 Å². The molecule has 16 heavy (non-hydrogen) atoms. The topological polar surface area (TPSA) is 43.8 Å². The Bertz CT molecular complexity index is 415. The van der Waals surface area contributed by atoms with Crippen molar-refractivity contribution in [2.75, 3.05) is 14.1 Å². The molecule has 0 unspecified atom stereocenters. The van der Waals surface area contributed by atoms with Gasteiger partial charge in [-0.3, -0.25) is 4.90 Å². The highest BCUT2D eigenvalue weighted by atomic mass is 16.4. The van der Waals surface area contributed by atoms with E-state index in [-0.39, 0.29) is 0 Å². The summed E-state index contributed by atoms with van der Waals surface area (Å²) in [6.07, 6.45) is -0.841. The number of amides is 1. The maximum atomic E-state index is 10.9. The van der Waals surface area contributed by atoms with Crippen LogP contribution in [0.2, 0.25) is 0 Å². The Morgan fingerprint density at radius 3 is 2.81 bits per heavy atom. The summed E-state index contributed by atoms with van der Waals surface area (Å²) >= 11 is 0. The predicted octanol–water partition coefficient (Wildman–Crippen LogP) is 1.74. The molecule has 0 bridgehead atoms. The maximum Gasteiger partial charge on any atom is 0.407 e. The summed E-state index contributed by atoms with van der Waals surface area (Å²) in [6, 6.07) is 6.09. The van der Waals surface area contributed by atoms with Gasteiger partial charge in [0.1, 0.15) is 0 Å². The molecule has 86 valence electrons. The smallest absolute Gasteiger partial charge is 0.407 e. The molecule has 0 saturated carbocycles. The molecule has 0 fully saturated rings. The van der Waals surface area contributed by atoms with Crippen LogP contribution in [0.25, 0.3) is 0 Å². The minimum atomic E-state index is -0.841. The molecule has 2 rings (SSSR count). The number of benzene rings is 1. The molecule has 0 spiro atoms. The van der Waals surface area contributed by atoms with Gasteiger partial charge in [0, 0.05) is 13.1 Å². The molecule has 1 N–H and O–H groups in total. The zero-order valence-electron chi connectivity index (χ0n) is 9.60. The molecule has 1 aromatic carbocycles. The quantitative estimate of drug-likeness (QED) is 0.825. The lowest BCUT2D eigenvalue weighted by molar-refractivity contribution is 0.145. The second kappa shape index (κ2) is 4.14. The van der Waals surface area contributed by atoms with E-state index in [2.05, 4.69) is 11.0 Å². The zero-order chi connectivity index (χ0) is 11.7. The second-order valence-electron chi connectivity index (χ2n) is 4.43. The van der Waals surface area contributed by atoms with Gasteiger partial charge in [0.25, 0.3) is 0 Å². The van der Waals surface area contributed by atoms with Gasteiger partial charge >= 0.3 is 6.09 Å². The average molecular weight is 220 g/mol. The van der Waals surface area contributed by atoms with Crippen molar-refractivity contribution in [3.05, 3.63) is 34.9 Å². The fourth-order valence-corrected chi connectivity index (χ4v) is 2.12. The van der Waals surface area contributed by atoms with Crippen LogP contribution in [0, 0.1) is 0 Å². The Kier molecular flexibility index (Phi) is 2.83. The van der Waals surface area contributed by atoms with Crippen LogP contribution in [0.3, 0.4) is 0 Å². The molecule has 0 saturated heterocycles. The Labute approximate surface area is 95.1 Å². The minimum Gasteiger partial charge on any atom is -0.465 e. The van der Waals surface area contributed by atoms with Crippen LogP contribution in [-0.2, 0) is 19.6 Å². The van der Waals surface area contributed by atoms with Crippen molar-refractivity contribution >= 4 is 6.09 Å². The van der Waals surface area contributed by atoms with Crippen molar-refractivity contribution in [1.82, 2.24) is 9.80 Å². The van der Waals surface area contributed by atoms with Crippen molar-refractivity contribution in [1.29, 1.82) is 0 Å². The van der Waals surface area contributed by atoms with Gasteiger partial charge in [0.15, 0.2) is 0 Å². The van der Waals surface area contributed by atoms with Crippen LogP contribution in [0.4, 0.5) is 4.79 Å². The summed E-state index contributed by atoms with van der Waals surface area (Å²) in [5, 5.41) is 8.97. The fraction of sp³-hybridized carbons (Fsp3) is 0.417. The summed E-state index contributed by atoms with van der Waals surface area (Å²) in [6.45, 7) is 1.90. The molecule has 0 atom stereocenters. The number of fused-ring (bicyclic) bond motifs is 1. The molecule has 1 amide bonds. The van der Waals surface area contributed by atoms with E-state index >= 15 is 0 Å². The highest BCUT2D eigenvalue weighted by Gasteiger charge is 2.24. The highest BCUT2D eigenvalue weighted by Crippen LogP contribution is 2.26. The monoisotopic (exact) mass is 220 g/mol. The molecule has 0 radical (unpaired) electrons. The maximum absolute atomic E-state index is 10.9. The van der Waals surface area contributed by atoms with Gasteiger partial charge in [-0.15, -0.1) is 0 Å². The van der Waals surface area contributed by atoms with Crippen molar-refractivity contribution in [2.45, 2.75) is 19.6 Å². The second-order valence-corrected chi connectivity index (χ2v) is 4.43. The molecule has 1 aliphatic heterocycles. The minimum absolute atomic E-state index is 0.520. The lowest BCUT2D eigenvalue weighted by atomic mass is 10.0. The molecular weight excluding hydrogens is 204 g/mol. The molecule has 4 heteroatoms. The molecule has 1 aliphatic rings. The van der Waals surface area contributed by atoms with Crippen LogP contribution >= 0.6 is 0 Å². The summed E-state index contributed by atoms with van der Waals surface area (Å²) in [7, 11) is 4.03. The lowest BCUT2D eigenvalue weighted by Gasteiger charge is -2.13. The normalized spacial score (nSPS) is 14.3. The van der Waals surface area contributed by atoms with Crippen molar-refractivity contribution in [3.8, 4) is 0 Å². The Hall–Kier alpha value is -1.55. The summed E-state index contributed by atoms with van der Waals surface area (Å²) in [5.41, 5.74) is 3.55.